The zero-order chi connectivity index (χ0) is 20.0. The van der Waals surface area contributed by atoms with Crippen molar-refractivity contribution in [3.05, 3.63) is 38.9 Å². The van der Waals surface area contributed by atoms with Gasteiger partial charge in [-0.3, -0.25) is 10.1 Å². The summed E-state index contributed by atoms with van der Waals surface area (Å²) in [5.41, 5.74) is 3.05. The molecule has 1 aliphatic heterocycles. The molecule has 0 radical (unpaired) electrons. The summed E-state index contributed by atoms with van der Waals surface area (Å²) in [6, 6.07) is 8.38. The molecule has 0 spiro atoms. The standard InChI is InChI=1S/C17H16ClN5O4/c1-3-26-17(27-4-2)16(9-20)13(15(16,8-19)14(21)22-17)10-5-6-11(18)12(7-10)23(24)25/h5-7,13H,3-4H2,1-2H3,(H2,21,22)/t13-,15-,16-/m1/s1. The number of nitriles is 2. The highest BCUT2D eigenvalue weighted by Crippen LogP contribution is 2.82. The fourth-order valence-electron chi connectivity index (χ4n) is 4.10. The van der Waals surface area contributed by atoms with E-state index < -0.39 is 27.6 Å². The zero-order valence-electron chi connectivity index (χ0n) is 14.6. The van der Waals surface area contributed by atoms with Crippen LogP contribution in [0, 0.1) is 43.6 Å². The molecule has 1 aromatic carbocycles. The van der Waals surface area contributed by atoms with Crippen molar-refractivity contribution >= 4 is 23.1 Å². The Balaban J connectivity index is 2.24. The minimum atomic E-state index is -1.76. The lowest BCUT2D eigenvalue weighted by molar-refractivity contribution is -0.384. The molecule has 2 aliphatic rings. The molecule has 0 saturated heterocycles. The monoisotopic (exact) mass is 389 g/mol. The van der Waals surface area contributed by atoms with Gasteiger partial charge in [0.1, 0.15) is 16.3 Å². The van der Waals surface area contributed by atoms with Gasteiger partial charge in [0.15, 0.2) is 5.41 Å². The van der Waals surface area contributed by atoms with Crippen LogP contribution in [0.3, 0.4) is 0 Å². The Morgan fingerprint density at radius 3 is 2.44 bits per heavy atom. The Morgan fingerprint density at radius 2 is 1.96 bits per heavy atom. The first-order valence-electron chi connectivity index (χ1n) is 8.21. The number of fused-ring (bicyclic) bond motifs is 1. The van der Waals surface area contributed by atoms with Crippen molar-refractivity contribution in [2.75, 3.05) is 13.2 Å². The molecular formula is C17H16ClN5O4. The summed E-state index contributed by atoms with van der Waals surface area (Å²) < 4.78 is 11.4. The van der Waals surface area contributed by atoms with Crippen molar-refractivity contribution in [2.24, 2.45) is 21.6 Å². The third kappa shape index (κ3) is 2.07. The molecule has 1 aliphatic carbocycles. The van der Waals surface area contributed by atoms with Gasteiger partial charge >= 0.3 is 0 Å². The number of aliphatic imine (C=N–C) groups is 1. The molecule has 2 N–H and O–H groups in total. The number of benzene rings is 1. The highest BCUT2D eigenvalue weighted by molar-refractivity contribution is 6.32. The Morgan fingerprint density at radius 1 is 1.33 bits per heavy atom. The second kappa shape index (κ2) is 6.17. The molecule has 27 heavy (non-hydrogen) atoms. The predicted octanol–water partition coefficient (Wildman–Crippen LogP) is 2.46. The minimum Gasteiger partial charge on any atom is -0.386 e. The first-order chi connectivity index (χ1) is 12.8. The van der Waals surface area contributed by atoms with E-state index in [0.717, 1.165) is 0 Å². The number of nitrogens with two attached hydrogens (primary N) is 1. The Labute approximate surface area is 160 Å². The average Bonchev–Trinajstić information content (AvgIpc) is 3.21. The average molecular weight is 390 g/mol. The maximum absolute atomic E-state index is 11.3. The number of nitrogens with zero attached hydrogens (tertiary/aromatic N) is 4. The number of hydrogen-bond acceptors (Lipinski definition) is 8. The molecular weight excluding hydrogens is 374 g/mol. The van der Waals surface area contributed by atoms with E-state index in [1.807, 2.05) is 0 Å². The summed E-state index contributed by atoms with van der Waals surface area (Å²) in [4.78, 5) is 14.8. The van der Waals surface area contributed by atoms with Crippen molar-refractivity contribution in [1.82, 2.24) is 0 Å². The molecule has 0 amide bonds. The van der Waals surface area contributed by atoms with Gasteiger partial charge in [-0.15, -0.1) is 0 Å². The van der Waals surface area contributed by atoms with Crippen LogP contribution in [-0.4, -0.2) is 29.9 Å². The van der Waals surface area contributed by atoms with Crippen LogP contribution < -0.4 is 5.73 Å². The third-order valence-corrected chi connectivity index (χ3v) is 5.43. The van der Waals surface area contributed by atoms with Gasteiger partial charge in [-0.05, 0) is 25.5 Å². The van der Waals surface area contributed by atoms with Crippen LogP contribution in [0.15, 0.2) is 23.2 Å². The molecule has 10 heteroatoms. The molecule has 3 atom stereocenters. The fraction of sp³-hybridized carbons (Fsp3) is 0.471. The lowest BCUT2D eigenvalue weighted by atomic mass is 9.93. The van der Waals surface area contributed by atoms with Crippen molar-refractivity contribution in [1.29, 1.82) is 10.5 Å². The van der Waals surface area contributed by atoms with Gasteiger partial charge in [-0.25, -0.2) is 4.99 Å². The van der Waals surface area contributed by atoms with E-state index in [0.29, 0.717) is 5.56 Å². The largest absolute Gasteiger partial charge is 0.386 e. The van der Waals surface area contributed by atoms with Crippen LogP contribution >= 0.6 is 11.6 Å². The zero-order valence-corrected chi connectivity index (χ0v) is 15.4. The SMILES string of the molecule is CCOC1(OCC)N=C(N)[C@@]2(C#N)[C@@H](c3ccc(Cl)c([N+](=O)[O-])c3)[C@@]12C#N. The lowest BCUT2D eigenvalue weighted by Crippen LogP contribution is -2.43. The third-order valence-electron chi connectivity index (χ3n) is 5.11. The van der Waals surface area contributed by atoms with E-state index in [-0.39, 0.29) is 29.8 Å². The maximum atomic E-state index is 11.3. The number of nitro benzene ring substituents is 1. The second-order valence-corrected chi connectivity index (χ2v) is 6.59. The molecule has 140 valence electrons. The van der Waals surface area contributed by atoms with Gasteiger partial charge in [-0.1, -0.05) is 17.7 Å². The van der Waals surface area contributed by atoms with E-state index >= 15 is 0 Å². The molecule has 1 aromatic rings. The highest BCUT2D eigenvalue weighted by atomic mass is 35.5. The normalized spacial score (nSPS) is 30.0. The minimum absolute atomic E-state index is 0.0471. The molecule has 1 fully saturated rings. The molecule has 1 saturated carbocycles. The Hall–Kier alpha value is -2.72. The number of amidine groups is 1. The number of nitro groups is 1. The fourth-order valence-corrected chi connectivity index (χ4v) is 4.29. The predicted molar refractivity (Wildman–Crippen MR) is 94.5 cm³/mol. The van der Waals surface area contributed by atoms with E-state index in [1.54, 1.807) is 13.8 Å². The maximum Gasteiger partial charge on any atom is 0.293 e. The van der Waals surface area contributed by atoms with E-state index in [9.17, 15) is 20.6 Å². The van der Waals surface area contributed by atoms with E-state index in [2.05, 4.69) is 17.1 Å². The summed E-state index contributed by atoms with van der Waals surface area (Å²) in [6.07, 6.45) is 0. The quantitative estimate of drug-likeness (QED) is 0.446. The molecule has 1 heterocycles. The van der Waals surface area contributed by atoms with Gasteiger partial charge in [0.25, 0.3) is 11.6 Å². The first-order valence-corrected chi connectivity index (χ1v) is 8.59. The number of hydrogen-bond donors (Lipinski definition) is 1. The smallest absolute Gasteiger partial charge is 0.293 e. The van der Waals surface area contributed by atoms with Crippen LogP contribution in [0.5, 0.6) is 0 Å². The molecule has 0 aromatic heterocycles. The van der Waals surface area contributed by atoms with Gasteiger partial charge in [0, 0.05) is 25.2 Å². The van der Waals surface area contributed by atoms with Crippen molar-refractivity contribution in [2.45, 2.75) is 25.7 Å². The lowest BCUT2D eigenvalue weighted by Gasteiger charge is -2.31. The molecule has 0 bridgehead atoms. The first kappa shape index (κ1) is 19.1. The summed E-state index contributed by atoms with van der Waals surface area (Å²) >= 11 is 5.89. The van der Waals surface area contributed by atoms with Crippen LogP contribution in [-0.2, 0) is 9.47 Å². The van der Waals surface area contributed by atoms with E-state index in [4.69, 9.17) is 26.8 Å². The van der Waals surface area contributed by atoms with Crippen LogP contribution in [0.2, 0.25) is 5.02 Å². The summed E-state index contributed by atoms with van der Waals surface area (Å²) in [5, 5.41) is 31.2. The Bertz CT molecular complexity index is 930. The van der Waals surface area contributed by atoms with Gasteiger partial charge in [0.05, 0.1) is 17.1 Å². The second-order valence-electron chi connectivity index (χ2n) is 6.19. The van der Waals surface area contributed by atoms with Gasteiger partial charge < -0.3 is 15.2 Å². The topological polar surface area (TPSA) is 148 Å². The molecule has 3 rings (SSSR count). The van der Waals surface area contributed by atoms with Crippen LogP contribution in [0.4, 0.5) is 5.69 Å². The summed E-state index contributed by atoms with van der Waals surface area (Å²) in [7, 11) is 0. The number of halogens is 1. The van der Waals surface area contributed by atoms with E-state index in [1.165, 1.54) is 18.2 Å². The summed E-state index contributed by atoms with van der Waals surface area (Å²) in [6.45, 7) is 3.73. The van der Waals surface area contributed by atoms with Crippen LogP contribution in [0.1, 0.15) is 25.3 Å². The number of rotatable bonds is 6. The van der Waals surface area contributed by atoms with Crippen molar-refractivity contribution in [3.63, 3.8) is 0 Å². The van der Waals surface area contributed by atoms with Crippen LogP contribution in [0.25, 0.3) is 0 Å². The van der Waals surface area contributed by atoms with Crippen molar-refractivity contribution in [3.8, 4) is 12.1 Å². The molecule has 0 unspecified atom stereocenters. The van der Waals surface area contributed by atoms with Gasteiger partial charge in [0.2, 0.25) is 0 Å². The summed E-state index contributed by atoms with van der Waals surface area (Å²) in [5.74, 6) is -2.66. The highest BCUT2D eigenvalue weighted by Gasteiger charge is 2.93. The number of ether oxygens (including phenoxy) is 2. The Kier molecular flexibility index (Phi) is 4.35. The van der Waals surface area contributed by atoms with Gasteiger partial charge in [-0.2, -0.15) is 10.5 Å². The molecule has 9 nitrogen and oxygen atoms in total. The van der Waals surface area contributed by atoms with Crippen molar-refractivity contribution < 1.29 is 14.4 Å².